The van der Waals surface area contributed by atoms with E-state index in [0.717, 1.165) is 4.31 Å². The lowest BCUT2D eigenvalue weighted by Gasteiger charge is -2.16. The van der Waals surface area contributed by atoms with Gasteiger partial charge in [-0.3, -0.25) is 9.48 Å². The molecule has 0 amide bonds. The number of hydrogen-bond donors (Lipinski definition) is 1. The Kier molecular flexibility index (Phi) is 4.70. The summed E-state index contributed by atoms with van der Waals surface area (Å²) in [6, 6.07) is 0.0632. The molecule has 0 atom stereocenters. The Morgan fingerprint density at radius 2 is 2.11 bits per heavy atom. The number of carbonyl (C=O) groups is 1. The van der Waals surface area contributed by atoms with Crippen molar-refractivity contribution >= 4 is 16.0 Å². The second kappa shape index (κ2) is 5.70. The number of hydrogen-bond acceptors (Lipinski definition) is 4. The van der Waals surface area contributed by atoms with E-state index >= 15 is 0 Å². The molecule has 0 radical (unpaired) electrons. The van der Waals surface area contributed by atoms with Crippen LogP contribution >= 0.6 is 0 Å². The van der Waals surface area contributed by atoms with Crippen LogP contribution in [0.4, 0.5) is 0 Å². The highest BCUT2D eigenvalue weighted by Crippen LogP contribution is 2.20. The number of sulfonamides is 1. The maximum atomic E-state index is 12.3. The van der Waals surface area contributed by atoms with E-state index in [9.17, 15) is 13.2 Å². The molecule has 1 aromatic rings. The van der Waals surface area contributed by atoms with Crippen LogP contribution in [0.1, 0.15) is 32.0 Å². The minimum atomic E-state index is -3.69. The lowest BCUT2D eigenvalue weighted by molar-refractivity contribution is -0.137. The van der Waals surface area contributed by atoms with Crippen molar-refractivity contribution in [3.05, 3.63) is 11.9 Å². The van der Waals surface area contributed by atoms with Crippen molar-refractivity contribution in [3.63, 3.8) is 0 Å². The summed E-state index contributed by atoms with van der Waals surface area (Å²) in [5.41, 5.74) is 0.553. The molecule has 0 fully saturated rings. The van der Waals surface area contributed by atoms with Gasteiger partial charge < -0.3 is 5.11 Å². The van der Waals surface area contributed by atoms with Gasteiger partial charge in [0.05, 0.1) is 18.3 Å². The summed E-state index contributed by atoms with van der Waals surface area (Å²) in [4.78, 5) is 10.6. The van der Waals surface area contributed by atoms with Crippen molar-refractivity contribution in [2.24, 2.45) is 0 Å². The normalized spacial score (nSPS) is 12.3. The van der Waals surface area contributed by atoms with Crippen molar-refractivity contribution in [1.29, 1.82) is 0 Å². The first-order valence-corrected chi connectivity index (χ1v) is 7.34. The van der Waals surface area contributed by atoms with Gasteiger partial charge in [-0.25, -0.2) is 12.7 Å². The van der Waals surface area contributed by atoms with Gasteiger partial charge in [-0.15, -0.1) is 0 Å². The summed E-state index contributed by atoms with van der Waals surface area (Å²) in [6.45, 7) is 5.43. The van der Waals surface area contributed by atoms with Gasteiger partial charge in [0.15, 0.2) is 0 Å². The van der Waals surface area contributed by atoms with Crippen molar-refractivity contribution in [1.82, 2.24) is 14.1 Å². The maximum absolute atomic E-state index is 12.3. The predicted octanol–water partition coefficient (Wildman–Crippen LogP) is 0.868. The minimum absolute atomic E-state index is 0.0632. The summed E-state index contributed by atoms with van der Waals surface area (Å²) in [7, 11) is -2.33. The summed E-state index contributed by atoms with van der Waals surface area (Å²) in [6.07, 6.45) is 1.08. The highest BCUT2D eigenvalue weighted by molar-refractivity contribution is 7.89. The van der Waals surface area contributed by atoms with Crippen molar-refractivity contribution in [2.75, 3.05) is 13.6 Å². The largest absolute Gasteiger partial charge is 0.481 e. The van der Waals surface area contributed by atoms with E-state index < -0.39 is 16.0 Å². The maximum Gasteiger partial charge on any atom is 0.304 e. The molecular formula is C11H19N3O4S. The van der Waals surface area contributed by atoms with Crippen LogP contribution in [0.25, 0.3) is 0 Å². The van der Waals surface area contributed by atoms with Gasteiger partial charge >= 0.3 is 5.97 Å². The third-order valence-corrected chi connectivity index (χ3v) is 4.78. The van der Waals surface area contributed by atoms with E-state index in [1.54, 1.807) is 11.6 Å². The van der Waals surface area contributed by atoms with Crippen LogP contribution in [-0.2, 0) is 14.8 Å². The average Bonchev–Trinajstić information content (AvgIpc) is 2.68. The summed E-state index contributed by atoms with van der Waals surface area (Å²) in [5, 5.41) is 12.6. The fourth-order valence-electron chi connectivity index (χ4n) is 1.72. The lowest BCUT2D eigenvalue weighted by atomic mass is 10.4. The molecule has 0 aromatic carbocycles. The fraction of sp³-hybridized carbons (Fsp3) is 0.636. The molecular weight excluding hydrogens is 270 g/mol. The van der Waals surface area contributed by atoms with Gasteiger partial charge in [-0.2, -0.15) is 5.10 Å². The van der Waals surface area contributed by atoms with Crippen LogP contribution in [-0.4, -0.2) is 47.2 Å². The molecule has 0 aliphatic rings. The van der Waals surface area contributed by atoms with Crippen LogP contribution in [0.5, 0.6) is 0 Å². The molecule has 0 aliphatic carbocycles. The Hall–Kier alpha value is -1.41. The fourth-order valence-corrected chi connectivity index (χ4v) is 3.04. The Morgan fingerprint density at radius 3 is 2.53 bits per heavy atom. The Labute approximate surface area is 112 Å². The number of rotatable bonds is 6. The average molecular weight is 289 g/mol. The van der Waals surface area contributed by atoms with Crippen LogP contribution < -0.4 is 0 Å². The molecule has 8 heteroatoms. The van der Waals surface area contributed by atoms with Crippen LogP contribution in [0.2, 0.25) is 0 Å². The zero-order valence-electron chi connectivity index (χ0n) is 11.5. The van der Waals surface area contributed by atoms with Crippen molar-refractivity contribution < 1.29 is 18.3 Å². The summed E-state index contributed by atoms with van der Waals surface area (Å²) < 4.78 is 27.2. The third-order valence-electron chi connectivity index (χ3n) is 2.82. The molecule has 0 unspecified atom stereocenters. The molecule has 0 aliphatic heterocycles. The highest BCUT2D eigenvalue weighted by atomic mass is 32.2. The standard InChI is InChI=1S/C11H19N3O4S/c1-8(2)14-9(3)10(7-12-14)19(17,18)13(4)6-5-11(15)16/h7-8H,5-6H2,1-4H3,(H,15,16). The number of nitrogens with zero attached hydrogens (tertiary/aromatic N) is 3. The van der Waals surface area contributed by atoms with Gasteiger partial charge in [0, 0.05) is 19.6 Å². The third kappa shape index (κ3) is 3.32. The molecule has 19 heavy (non-hydrogen) atoms. The first kappa shape index (κ1) is 15.6. The smallest absolute Gasteiger partial charge is 0.304 e. The molecule has 1 rings (SSSR count). The number of carboxylic acid groups (broad SMARTS) is 1. The van der Waals surface area contributed by atoms with E-state index in [-0.39, 0.29) is 23.9 Å². The highest BCUT2D eigenvalue weighted by Gasteiger charge is 2.26. The minimum Gasteiger partial charge on any atom is -0.481 e. The molecule has 1 heterocycles. The second-order valence-corrected chi connectivity index (χ2v) is 6.62. The van der Waals surface area contributed by atoms with Crippen molar-refractivity contribution in [3.8, 4) is 0 Å². The molecule has 7 nitrogen and oxygen atoms in total. The number of aliphatic carboxylic acids is 1. The molecule has 1 N–H and O–H groups in total. The predicted molar refractivity (Wildman–Crippen MR) is 69.4 cm³/mol. The van der Waals surface area contributed by atoms with Gasteiger partial charge in [-0.05, 0) is 20.8 Å². The van der Waals surface area contributed by atoms with E-state index in [0.29, 0.717) is 5.69 Å². The molecule has 0 spiro atoms. The van der Waals surface area contributed by atoms with Crippen LogP contribution in [0.15, 0.2) is 11.1 Å². The Balaban J connectivity index is 3.03. The molecule has 108 valence electrons. The lowest BCUT2D eigenvalue weighted by Crippen LogP contribution is -2.29. The first-order valence-electron chi connectivity index (χ1n) is 5.90. The van der Waals surface area contributed by atoms with Gasteiger partial charge in [0.25, 0.3) is 0 Å². The molecule has 0 bridgehead atoms. The zero-order valence-corrected chi connectivity index (χ0v) is 12.3. The zero-order chi connectivity index (χ0) is 14.8. The SMILES string of the molecule is Cc1c(S(=O)(=O)N(C)CCC(=O)O)cnn1C(C)C. The topological polar surface area (TPSA) is 92.5 Å². The first-order chi connectivity index (χ1) is 8.67. The van der Waals surface area contributed by atoms with Gasteiger partial charge in [0.1, 0.15) is 4.90 Å². The van der Waals surface area contributed by atoms with Crippen LogP contribution in [0, 0.1) is 6.92 Å². The Bertz CT molecular complexity index is 562. The van der Waals surface area contributed by atoms with Crippen molar-refractivity contribution in [2.45, 2.75) is 38.1 Å². The molecule has 1 aromatic heterocycles. The van der Waals surface area contributed by atoms with E-state index in [1.807, 2.05) is 13.8 Å². The quantitative estimate of drug-likeness (QED) is 0.838. The van der Waals surface area contributed by atoms with E-state index in [2.05, 4.69) is 5.10 Å². The summed E-state index contributed by atoms with van der Waals surface area (Å²) in [5.74, 6) is -1.03. The number of carboxylic acids is 1. The van der Waals surface area contributed by atoms with E-state index in [4.69, 9.17) is 5.11 Å². The van der Waals surface area contributed by atoms with E-state index in [1.165, 1.54) is 13.2 Å². The molecule has 0 saturated heterocycles. The summed E-state index contributed by atoms with van der Waals surface area (Å²) >= 11 is 0. The molecule has 0 saturated carbocycles. The second-order valence-electron chi connectivity index (χ2n) is 4.60. The van der Waals surface area contributed by atoms with Gasteiger partial charge in [-0.1, -0.05) is 0 Å². The van der Waals surface area contributed by atoms with Gasteiger partial charge in [0.2, 0.25) is 10.0 Å². The Morgan fingerprint density at radius 1 is 1.53 bits per heavy atom. The number of aromatic nitrogens is 2. The van der Waals surface area contributed by atoms with Crippen LogP contribution in [0.3, 0.4) is 0 Å². The monoisotopic (exact) mass is 289 g/mol.